The maximum atomic E-state index is 5.98. The lowest BCUT2D eigenvalue weighted by Gasteiger charge is -2.34. The van der Waals surface area contributed by atoms with Crippen molar-refractivity contribution in [2.24, 2.45) is 0 Å². The molecule has 0 aromatic carbocycles. The minimum Gasteiger partial charge on any atom is -0.377 e. The standard InChI is InChI=1S/C22H27N5O2/c1-15-13-19(26-10-12-28-14-16(26)2)25-21-17(15)6-8-23-22(21)18-7-9-24-27(18)20-5-3-4-11-29-20/h6-9,13,16,20H,3-5,10-12,14H2,1-2H3/t16-,20?/m1/s1. The van der Waals surface area contributed by atoms with Crippen molar-refractivity contribution in [1.82, 2.24) is 19.7 Å². The van der Waals surface area contributed by atoms with Crippen molar-refractivity contribution in [2.45, 2.75) is 45.4 Å². The summed E-state index contributed by atoms with van der Waals surface area (Å²) < 4.78 is 13.6. The Hall–Kier alpha value is -2.51. The first-order chi connectivity index (χ1) is 14.2. The van der Waals surface area contributed by atoms with E-state index in [-0.39, 0.29) is 6.23 Å². The van der Waals surface area contributed by atoms with Crippen LogP contribution in [0.5, 0.6) is 0 Å². The van der Waals surface area contributed by atoms with Crippen LogP contribution >= 0.6 is 0 Å². The van der Waals surface area contributed by atoms with Crippen LogP contribution in [0.25, 0.3) is 22.3 Å². The average Bonchev–Trinajstić information content (AvgIpc) is 3.24. The largest absolute Gasteiger partial charge is 0.377 e. The lowest BCUT2D eigenvalue weighted by molar-refractivity contribution is -0.0383. The molecule has 5 rings (SSSR count). The summed E-state index contributed by atoms with van der Waals surface area (Å²) in [6.07, 6.45) is 6.90. The molecule has 1 unspecified atom stereocenters. The molecule has 3 aromatic rings. The molecule has 2 saturated heterocycles. The van der Waals surface area contributed by atoms with Gasteiger partial charge in [0.15, 0.2) is 6.23 Å². The van der Waals surface area contributed by atoms with Crippen molar-refractivity contribution in [3.05, 3.63) is 36.2 Å². The highest BCUT2D eigenvalue weighted by Crippen LogP contribution is 2.33. The van der Waals surface area contributed by atoms with Gasteiger partial charge in [-0.25, -0.2) is 9.67 Å². The van der Waals surface area contributed by atoms with Gasteiger partial charge in [0.05, 0.1) is 24.9 Å². The van der Waals surface area contributed by atoms with Gasteiger partial charge in [0.2, 0.25) is 0 Å². The predicted molar refractivity (Wildman–Crippen MR) is 112 cm³/mol. The van der Waals surface area contributed by atoms with Gasteiger partial charge in [0, 0.05) is 30.9 Å². The van der Waals surface area contributed by atoms with E-state index >= 15 is 0 Å². The molecule has 2 aliphatic heterocycles. The summed E-state index contributed by atoms with van der Waals surface area (Å²) in [6.45, 7) is 7.41. The predicted octanol–water partition coefficient (Wildman–Crippen LogP) is 3.73. The number of nitrogens with zero attached hydrogens (tertiary/aromatic N) is 5. The topological polar surface area (TPSA) is 65.3 Å². The summed E-state index contributed by atoms with van der Waals surface area (Å²) in [5, 5.41) is 5.69. The van der Waals surface area contributed by atoms with E-state index in [9.17, 15) is 0 Å². The minimum absolute atomic E-state index is 0.0330. The van der Waals surface area contributed by atoms with Crippen molar-refractivity contribution in [2.75, 3.05) is 31.3 Å². The van der Waals surface area contributed by atoms with Crippen molar-refractivity contribution >= 4 is 16.7 Å². The Balaban J connectivity index is 1.63. The average molecular weight is 393 g/mol. The van der Waals surface area contributed by atoms with Gasteiger partial charge in [-0.15, -0.1) is 0 Å². The third-order valence-corrected chi connectivity index (χ3v) is 5.92. The van der Waals surface area contributed by atoms with E-state index in [4.69, 9.17) is 19.4 Å². The molecule has 0 N–H and O–H groups in total. The molecule has 0 radical (unpaired) electrons. The molecule has 0 bridgehead atoms. The first-order valence-electron chi connectivity index (χ1n) is 10.5. The number of hydrogen-bond acceptors (Lipinski definition) is 6. The van der Waals surface area contributed by atoms with E-state index in [1.54, 1.807) is 0 Å². The number of anilines is 1. The second kappa shape index (κ2) is 7.72. The molecule has 2 aliphatic rings. The summed E-state index contributed by atoms with van der Waals surface area (Å²) in [5.41, 5.74) is 3.94. The van der Waals surface area contributed by atoms with Gasteiger partial charge in [-0.2, -0.15) is 5.10 Å². The summed E-state index contributed by atoms with van der Waals surface area (Å²) in [4.78, 5) is 12.1. The minimum atomic E-state index is -0.0330. The molecule has 2 atom stereocenters. The number of aromatic nitrogens is 4. The molecule has 0 aliphatic carbocycles. The van der Waals surface area contributed by atoms with Crippen LogP contribution < -0.4 is 4.90 Å². The van der Waals surface area contributed by atoms with Crippen molar-refractivity contribution in [3.8, 4) is 11.4 Å². The van der Waals surface area contributed by atoms with Gasteiger partial charge < -0.3 is 14.4 Å². The first-order valence-corrected chi connectivity index (χ1v) is 10.5. The van der Waals surface area contributed by atoms with Crippen LogP contribution in [0.4, 0.5) is 5.82 Å². The third kappa shape index (κ3) is 3.38. The number of pyridine rings is 2. The Morgan fingerprint density at radius 1 is 1.14 bits per heavy atom. The molecule has 0 amide bonds. The Kier molecular flexibility index (Phi) is 4.93. The lowest BCUT2D eigenvalue weighted by atomic mass is 10.1. The number of fused-ring (bicyclic) bond motifs is 1. The Morgan fingerprint density at radius 2 is 2.07 bits per heavy atom. The highest BCUT2D eigenvalue weighted by Gasteiger charge is 2.24. The maximum absolute atomic E-state index is 5.98. The molecule has 7 heteroatoms. The van der Waals surface area contributed by atoms with Crippen molar-refractivity contribution in [3.63, 3.8) is 0 Å². The van der Waals surface area contributed by atoms with Gasteiger partial charge >= 0.3 is 0 Å². The van der Waals surface area contributed by atoms with Crippen LogP contribution in [0.2, 0.25) is 0 Å². The quantitative estimate of drug-likeness (QED) is 0.676. The van der Waals surface area contributed by atoms with E-state index in [2.05, 4.69) is 29.9 Å². The van der Waals surface area contributed by atoms with Crippen molar-refractivity contribution in [1.29, 1.82) is 0 Å². The summed E-state index contributed by atoms with van der Waals surface area (Å²) in [5.74, 6) is 0.986. The molecule has 2 fully saturated rings. The summed E-state index contributed by atoms with van der Waals surface area (Å²) in [6, 6.07) is 6.54. The molecule has 152 valence electrons. The molecule has 0 saturated carbocycles. The molecule has 7 nitrogen and oxygen atoms in total. The molecular formula is C22H27N5O2. The van der Waals surface area contributed by atoms with E-state index in [1.165, 1.54) is 5.56 Å². The molecule has 0 spiro atoms. The Bertz CT molecular complexity index is 1010. The second-order valence-corrected chi connectivity index (χ2v) is 7.95. The fourth-order valence-electron chi connectivity index (χ4n) is 4.35. The Labute approximate surface area is 170 Å². The molecular weight excluding hydrogens is 366 g/mol. The zero-order valence-corrected chi connectivity index (χ0v) is 17.0. The SMILES string of the molecule is Cc1cc(N2CCOC[C@H]2C)nc2c(-c3ccnn3C3CCCCO3)nccc12. The normalized spacial score (nSPS) is 22.9. The first kappa shape index (κ1) is 18.5. The maximum Gasteiger partial charge on any atom is 0.150 e. The van der Waals surface area contributed by atoms with E-state index in [0.717, 1.165) is 73.7 Å². The lowest BCUT2D eigenvalue weighted by Crippen LogP contribution is -2.44. The highest BCUT2D eigenvalue weighted by atomic mass is 16.5. The van der Waals surface area contributed by atoms with Crippen LogP contribution in [0, 0.1) is 6.92 Å². The van der Waals surface area contributed by atoms with Gasteiger partial charge in [0.25, 0.3) is 0 Å². The zero-order valence-electron chi connectivity index (χ0n) is 17.0. The molecule has 5 heterocycles. The second-order valence-electron chi connectivity index (χ2n) is 7.95. The number of rotatable bonds is 3. The van der Waals surface area contributed by atoms with Crippen LogP contribution in [0.3, 0.4) is 0 Å². The van der Waals surface area contributed by atoms with E-state index in [1.807, 2.05) is 29.2 Å². The number of hydrogen-bond donors (Lipinski definition) is 0. The summed E-state index contributed by atoms with van der Waals surface area (Å²) >= 11 is 0. The van der Waals surface area contributed by atoms with Crippen LogP contribution in [0.15, 0.2) is 30.6 Å². The van der Waals surface area contributed by atoms with Gasteiger partial charge in [-0.1, -0.05) is 0 Å². The van der Waals surface area contributed by atoms with E-state index < -0.39 is 0 Å². The van der Waals surface area contributed by atoms with Crippen LogP contribution in [-0.4, -0.2) is 52.2 Å². The van der Waals surface area contributed by atoms with Gasteiger partial charge in [-0.3, -0.25) is 4.98 Å². The smallest absolute Gasteiger partial charge is 0.150 e. The monoisotopic (exact) mass is 393 g/mol. The Morgan fingerprint density at radius 3 is 2.90 bits per heavy atom. The number of ether oxygens (including phenoxy) is 2. The van der Waals surface area contributed by atoms with Gasteiger partial charge in [0.1, 0.15) is 17.0 Å². The van der Waals surface area contributed by atoms with Gasteiger partial charge in [-0.05, 0) is 56.9 Å². The zero-order chi connectivity index (χ0) is 19.8. The van der Waals surface area contributed by atoms with Crippen LogP contribution in [-0.2, 0) is 9.47 Å². The van der Waals surface area contributed by atoms with Crippen LogP contribution in [0.1, 0.15) is 38.0 Å². The summed E-state index contributed by atoms with van der Waals surface area (Å²) in [7, 11) is 0. The number of aryl methyl sites for hydroxylation is 1. The third-order valence-electron chi connectivity index (χ3n) is 5.92. The fraction of sp³-hybridized carbons (Fsp3) is 0.500. The van der Waals surface area contributed by atoms with E-state index in [0.29, 0.717) is 6.04 Å². The fourth-order valence-corrected chi connectivity index (χ4v) is 4.35. The number of morpholine rings is 1. The highest BCUT2D eigenvalue weighted by molar-refractivity contribution is 5.93. The molecule has 29 heavy (non-hydrogen) atoms. The molecule has 3 aromatic heterocycles. The van der Waals surface area contributed by atoms with Crippen molar-refractivity contribution < 1.29 is 9.47 Å².